The number of hydrogen-bond acceptors (Lipinski definition) is 2. The van der Waals surface area contributed by atoms with Crippen LogP contribution in [0, 0.1) is 0 Å². The fraction of sp³-hybridized carbons (Fsp3) is 0.111. The van der Waals surface area contributed by atoms with Crippen molar-refractivity contribution in [2.45, 2.75) is 6.18 Å². The summed E-state index contributed by atoms with van der Waals surface area (Å²) < 4.78 is 36.6. The van der Waals surface area contributed by atoms with Crippen molar-refractivity contribution in [2.75, 3.05) is 0 Å². The van der Waals surface area contributed by atoms with Crippen LogP contribution in [0.4, 0.5) is 13.2 Å². The van der Waals surface area contributed by atoms with E-state index in [4.69, 9.17) is 0 Å². The first kappa shape index (κ1) is 12.9. The number of nitrogens with zero attached hydrogens (tertiary/aromatic N) is 3. The molecule has 2 rings (SSSR count). The summed E-state index contributed by atoms with van der Waals surface area (Å²) in [6.07, 6.45) is -2.97. The van der Waals surface area contributed by atoms with Gasteiger partial charge < -0.3 is 10.2 Å². The molecule has 16 heavy (non-hydrogen) atoms. The molecule has 0 aliphatic heterocycles. The summed E-state index contributed by atoms with van der Waals surface area (Å²) in [5.41, 5.74) is -0.494. The van der Waals surface area contributed by atoms with Crippen LogP contribution < -0.4 is 5.10 Å². The third-order valence-corrected chi connectivity index (χ3v) is 1.76. The molecule has 0 aromatic carbocycles. The topological polar surface area (TPSA) is 39.9 Å². The van der Waals surface area contributed by atoms with Crippen molar-refractivity contribution in [3.8, 4) is 11.4 Å². The molecule has 0 N–H and O–H groups in total. The molecule has 2 aromatic heterocycles. The maximum absolute atomic E-state index is 12.2. The summed E-state index contributed by atoms with van der Waals surface area (Å²) in [7, 11) is 0. The molecule has 0 spiro atoms. The first-order chi connectivity index (χ1) is 7.07. The fourth-order valence-electron chi connectivity index (χ4n) is 1.07. The zero-order valence-electron chi connectivity index (χ0n) is 7.70. The van der Waals surface area contributed by atoms with E-state index < -0.39 is 11.9 Å². The van der Waals surface area contributed by atoms with Gasteiger partial charge in [-0.3, -0.25) is 4.98 Å². The second-order valence-corrected chi connectivity index (χ2v) is 2.83. The van der Waals surface area contributed by atoms with Gasteiger partial charge in [0.05, 0.1) is 0 Å². The van der Waals surface area contributed by atoms with Gasteiger partial charge in [0, 0.05) is 32.0 Å². The molecule has 0 saturated carbocycles. The number of alkyl halides is 3. The van der Waals surface area contributed by atoms with Gasteiger partial charge in [-0.15, -0.1) is 0 Å². The van der Waals surface area contributed by atoms with E-state index >= 15 is 0 Å². The maximum Gasteiger partial charge on any atom is 0.431 e. The monoisotopic (exact) mass is 405 g/mol. The summed E-state index contributed by atoms with van der Waals surface area (Å²) in [4.78, 5) is 3.87. The van der Waals surface area contributed by atoms with Crippen molar-refractivity contribution in [3.05, 3.63) is 36.2 Å². The van der Waals surface area contributed by atoms with E-state index in [0.29, 0.717) is 5.69 Å². The SMILES string of the molecule is FC(F)(F)c1cc(-c2ccccn2)[n-]n1.[Ir]. The summed E-state index contributed by atoms with van der Waals surface area (Å²) in [6.45, 7) is 0. The molecule has 2 heterocycles. The predicted octanol–water partition coefficient (Wildman–Crippen LogP) is 2.12. The van der Waals surface area contributed by atoms with Gasteiger partial charge in [-0.05, 0) is 18.2 Å². The zero-order valence-corrected chi connectivity index (χ0v) is 10.1. The van der Waals surface area contributed by atoms with Crippen molar-refractivity contribution in [2.24, 2.45) is 0 Å². The summed E-state index contributed by atoms with van der Waals surface area (Å²) >= 11 is 0. The van der Waals surface area contributed by atoms with Crippen LogP contribution in [-0.2, 0) is 26.3 Å². The molecule has 1 radical (unpaired) electrons. The zero-order chi connectivity index (χ0) is 10.9. The third-order valence-electron chi connectivity index (χ3n) is 1.76. The fourth-order valence-corrected chi connectivity index (χ4v) is 1.07. The van der Waals surface area contributed by atoms with Crippen molar-refractivity contribution in [1.29, 1.82) is 0 Å². The number of pyridine rings is 1. The second kappa shape index (κ2) is 4.76. The standard InChI is InChI=1S/C9H5F3N3.Ir/c10-9(11,12)8-5-7(14-15-8)6-3-1-2-4-13-6;/h1-5H;/q-1;. The van der Waals surface area contributed by atoms with Crippen LogP contribution in [0.5, 0.6) is 0 Å². The molecule has 0 bridgehead atoms. The molecule has 0 amide bonds. The van der Waals surface area contributed by atoms with Gasteiger partial charge in [-0.2, -0.15) is 13.2 Å². The van der Waals surface area contributed by atoms with Gasteiger partial charge in [-0.1, -0.05) is 11.8 Å². The number of halogens is 3. The second-order valence-electron chi connectivity index (χ2n) is 2.83. The van der Waals surface area contributed by atoms with E-state index in [0.717, 1.165) is 6.07 Å². The van der Waals surface area contributed by atoms with Gasteiger partial charge in [0.15, 0.2) is 0 Å². The predicted molar refractivity (Wildman–Crippen MR) is 45.8 cm³/mol. The van der Waals surface area contributed by atoms with Crippen LogP contribution >= 0.6 is 0 Å². The molecule has 87 valence electrons. The van der Waals surface area contributed by atoms with Crippen LogP contribution in [0.2, 0.25) is 0 Å². The summed E-state index contributed by atoms with van der Waals surface area (Å²) in [5, 5.41) is 6.47. The molecular formula is C9H5F3IrN3-. The van der Waals surface area contributed by atoms with Gasteiger partial charge in [0.25, 0.3) is 0 Å². The van der Waals surface area contributed by atoms with Crippen LogP contribution in [0.25, 0.3) is 11.4 Å². The minimum atomic E-state index is -4.46. The normalized spacial score (nSPS) is 10.9. The van der Waals surface area contributed by atoms with E-state index in [-0.39, 0.29) is 25.8 Å². The van der Waals surface area contributed by atoms with Gasteiger partial charge in [0.2, 0.25) is 0 Å². The van der Waals surface area contributed by atoms with Gasteiger partial charge >= 0.3 is 6.18 Å². The number of hydrogen-bond donors (Lipinski definition) is 0. The Balaban J connectivity index is 0.00000128. The molecule has 0 saturated heterocycles. The van der Waals surface area contributed by atoms with Crippen molar-refractivity contribution < 1.29 is 33.3 Å². The Morgan fingerprint density at radius 2 is 1.94 bits per heavy atom. The number of aromatic nitrogens is 3. The molecule has 0 unspecified atom stereocenters. The quantitative estimate of drug-likeness (QED) is 0.731. The van der Waals surface area contributed by atoms with Crippen molar-refractivity contribution in [1.82, 2.24) is 15.2 Å². The van der Waals surface area contributed by atoms with Gasteiger partial charge in [-0.25, -0.2) is 0 Å². The van der Waals surface area contributed by atoms with Crippen LogP contribution in [0.15, 0.2) is 30.5 Å². The minimum absolute atomic E-state index is 0. The average molecular weight is 404 g/mol. The molecular weight excluding hydrogens is 399 g/mol. The Morgan fingerprint density at radius 1 is 1.19 bits per heavy atom. The third kappa shape index (κ3) is 2.68. The van der Waals surface area contributed by atoms with E-state index in [1.54, 1.807) is 18.2 Å². The van der Waals surface area contributed by atoms with E-state index in [1.165, 1.54) is 6.20 Å². The Bertz CT molecular complexity index is 453. The van der Waals surface area contributed by atoms with E-state index in [2.05, 4.69) is 15.2 Å². The molecule has 2 aromatic rings. The van der Waals surface area contributed by atoms with Crippen LogP contribution in [0.3, 0.4) is 0 Å². The number of rotatable bonds is 1. The smallest absolute Gasteiger partial charge is 0.431 e. The first-order valence-electron chi connectivity index (χ1n) is 4.06. The van der Waals surface area contributed by atoms with Crippen LogP contribution in [-0.4, -0.2) is 10.1 Å². The molecule has 0 fully saturated rings. The Hall–Kier alpha value is -1.20. The van der Waals surface area contributed by atoms with E-state index in [9.17, 15) is 13.2 Å². The molecule has 0 atom stereocenters. The Morgan fingerprint density at radius 3 is 2.44 bits per heavy atom. The van der Waals surface area contributed by atoms with E-state index in [1.807, 2.05) is 0 Å². The van der Waals surface area contributed by atoms with Crippen molar-refractivity contribution in [3.63, 3.8) is 0 Å². The molecule has 0 aliphatic rings. The largest absolute Gasteiger partial charge is 0.573 e. The molecule has 3 nitrogen and oxygen atoms in total. The molecule has 7 heteroatoms. The van der Waals surface area contributed by atoms with Gasteiger partial charge in [0.1, 0.15) is 5.69 Å². The average Bonchev–Trinajstić information content (AvgIpc) is 2.67. The van der Waals surface area contributed by atoms with Crippen LogP contribution in [0.1, 0.15) is 5.69 Å². The summed E-state index contributed by atoms with van der Waals surface area (Å²) in [5.74, 6) is 0. The maximum atomic E-state index is 12.2. The minimum Gasteiger partial charge on any atom is -0.573 e. The Kier molecular flexibility index (Phi) is 3.83. The first-order valence-corrected chi connectivity index (χ1v) is 4.06. The molecule has 0 aliphatic carbocycles. The Labute approximate surface area is 102 Å². The van der Waals surface area contributed by atoms with Crippen molar-refractivity contribution >= 4 is 0 Å². The summed E-state index contributed by atoms with van der Waals surface area (Å²) in [6, 6.07) is 5.79.